The smallest absolute Gasteiger partial charge is 0.239 e. The van der Waals surface area contributed by atoms with Crippen molar-refractivity contribution in [1.29, 1.82) is 0 Å². The van der Waals surface area contributed by atoms with Crippen molar-refractivity contribution in [2.75, 3.05) is 25.1 Å². The lowest BCUT2D eigenvalue weighted by molar-refractivity contribution is -0.132. The maximum absolute atomic E-state index is 12.5. The molecule has 0 spiro atoms. The monoisotopic (exact) mass is 316 g/mol. The summed E-state index contributed by atoms with van der Waals surface area (Å²) in [5.74, 6) is 1.13. The van der Waals surface area contributed by atoms with Gasteiger partial charge in [0, 0.05) is 13.1 Å². The van der Waals surface area contributed by atoms with Gasteiger partial charge in [-0.15, -0.1) is 0 Å². The molecule has 0 fully saturated rings. The summed E-state index contributed by atoms with van der Waals surface area (Å²) in [7, 11) is 0. The molecule has 0 aromatic rings. The van der Waals surface area contributed by atoms with Crippen LogP contribution in [0.4, 0.5) is 0 Å². The Kier molecular flexibility index (Phi) is 14.6. The number of carbonyl (C=O) groups excluding carboxylic acids is 1. The molecular weight excluding hydrogens is 280 g/mol. The zero-order chi connectivity index (χ0) is 15.9. The quantitative estimate of drug-likeness (QED) is 0.492. The van der Waals surface area contributed by atoms with Crippen LogP contribution in [0.25, 0.3) is 0 Å². The lowest BCUT2D eigenvalue weighted by Gasteiger charge is -2.26. The van der Waals surface area contributed by atoms with Crippen LogP contribution in [-0.2, 0) is 4.79 Å². The van der Waals surface area contributed by atoms with Gasteiger partial charge < -0.3 is 10.6 Å². The first kappa shape index (κ1) is 20.8. The fourth-order valence-corrected chi connectivity index (χ4v) is 2.88. The third-order valence-corrected chi connectivity index (χ3v) is 4.47. The molecular formula is C17H36N2OS. The van der Waals surface area contributed by atoms with E-state index in [1.54, 1.807) is 11.8 Å². The molecule has 1 amide bonds. The summed E-state index contributed by atoms with van der Waals surface area (Å²) >= 11 is 1.76. The first-order chi connectivity index (χ1) is 10.2. The van der Waals surface area contributed by atoms with Gasteiger partial charge in [0.25, 0.3) is 0 Å². The van der Waals surface area contributed by atoms with Gasteiger partial charge in [0.15, 0.2) is 0 Å². The van der Waals surface area contributed by atoms with Crippen molar-refractivity contribution < 1.29 is 4.79 Å². The Bertz CT molecular complexity index is 237. The molecule has 3 nitrogen and oxygen atoms in total. The SMILES string of the molecule is CCCCCCN(CCCCCC)C(=O)[C@@H](N)CCSC. The van der Waals surface area contributed by atoms with E-state index in [4.69, 9.17) is 5.73 Å². The number of hydrogen-bond donors (Lipinski definition) is 1. The molecule has 0 unspecified atom stereocenters. The van der Waals surface area contributed by atoms with E-state index < -0.39 is 0 Å². The molecule has 0 heterocycles. The van der Waals surface area contributed by atoms with Crippen LogP contribution < -0.4 is 5.73 Å². The first-order valence-electron chi connectivity index (χ1n) is 8.70. The zero-order valence-corrected chi connectivity index (χ0v) is 15.2. The average molecular weight is 317 g/mol. The molecule has 126 valence electrons. The summed E-state index contributed by atoms with van der Waals surface area (Å²) < 4.78 is 0. The highest BCUT2D eigenvalue weighted by atomic mass is 32.2. The molecule has 4 heteroatoms. The van der Waals surface area contributed by atoms with Gasteiger partial charge in [0.2, 0.25) is 5.91 Å². The Hall–Kier alpha value is -0.220. The van der Waals surface area contributed by atoms with Crippen LogP contribution in [-0.4, -0.2) is 41.9 Å². The number of amides is 1. The van der Waals surface area contributed by atoms with Gasteiger partial charge in [-0.05, 0) is 31.3 Å². The van der Waals surface area contributed by atoms with Crippen molar-refractivity contribution >= 4 is 17.7 Å². The number of nitrogens with two attached hydrogens (primary N) is 1. The minimum Gasteiger partial charge on any atom is -0.341 e. The minimum atomic E-state index is -0.310. The minimum absolute atomic E-state index is 0.164. The van der Waals surface area contributed by atoms with E-state index in [1.165, 1.54) is 38.5 Å². The summed E-state index contributed by atoms with van der Waals surface area (Å²) in [4.78, 5) is 14.5. The summed E-state index contributed by atoms with van der Waals surface area (Å²) in [5, 5.41) is 0. The number of thioether (sulfide) groups is 1. The van der Waals surface area contributed by atoms with Crippen LogP contribution >= 0.6 is 11.8 Å². The van der Waals surface area contributed by atoms with Crippen LogP contribution in [0.2, 0.25) is 0 Å². The van der Waals surface area contributed by atoms with E-state index in [2.05, 4.69) is 20.1 Å². The van der Waals surface area contributed by atoms with Crippen molar-refractivity contribution in [1.82, 2.24) is 4.90 Å². The highest BCUT2D eigenvalue weighted by molar-refractivity contribution is 7.98. The van der Waals surface area contributed by atoms with Gasteiger partial charge >= 0.3 is 0 Å². The molecule has 0 aliphatic carbocycles. The number of unbranched alkanes of at least 4 members (excludes halogenated alkanes) is 6. The number of nitrogens with zero attached hydrogens (tertiary/aromatic N) is 1. The Morgan fingerprint density at radius 1 is 1.00 bits per heavy atom. The molecule has 0 aliphatic rings. The second-order valence-electron chi connectivity index (χ2n) is 5.83. The number of rotatable bonds is 14. The van der Waals surface area contributed by atoms with Crippen molar-refractivity contribution in [3.8, 4) is 0 Å². The molecule has 0 saturated heterocycles. The Balaban J connectivity index is 4.22. The molecule has 2 N–H and O–H groups in total. The molecule has 0 bridgehead atoms. The van der Waals surface area contributed by atoms with Crippen molar-refractivity contribution in [3.05, 3.63) is 0 Å². The Labute approximate surface area is 136 Å². The number of carbonyl (C=O) groups is 1. The van der Waals surface area contributed by atoms with Crippen LogP contribution in [0.5, 0.6) is 0 Å². The fourth-order valence-electron chi connectivity index (χ4n) is 2.39. The van der Waals surface area contributed by atoms with Crippen LogP contribution in [0, 0.1) is 0 Å². The molecule has 21 heavy (non-hydrogen) atoms. The first-order valence-corrected chi connectivity index (χ1v) is 10.1. The van der Waals surface area contributed by atoms with E-state index in [-0.39, 0.29) is 11.9 Å². The van der Waals surface area contributed by atoms with Crippen LogP contribution in [0.3, 0.4) is 0 Å². The summed E-state index contributed by atoms with van der Waals surface area (Å²) in [6, 6.07) is -0.310. The van der Waals surface area contributed by atoms with E-state index in [1.807, 2.05) is 4.90 Å². The second-order valence-corrected chi connectivity index (χ2v) is 6.82. The second kappa shape index (κ2) is 14.7. The van der Waals surface area contributed by atoms with Crippen molar-refractivity contribution in [2.45, 2.75) is 77.7 Å². The summed E-state index contributed by atoms with van der Waals surface area (Å²) in [6.45, 7) is 6.20. The average Bonchev–Trinajstić information content (AvgIpc) is 2.50. The van der Waals surface area contributed by atoms with E-state index in [0.29, 0.717) is 0 Å². The molecule has 0 aliphatic heterocycles. The van der Waals surface area contributed by atoms with Gasteiger partial charge in [-0.1, -0.05) is 52.4 Å². The maximum atomic E-state index is 12.5. The van der Waals surface area contributed by atoms with Gasteiger partial charge in [-0.25, -0.2) is 0 Å². The molecule has 1 atom stereocenters. The fraction of sp³-hybridized carbons (Fsp3) is 0.941. The molecule has 0 radical (unpaired) electrons. The zero-order valence-electron chi connectivity index (χ0n) is 14.4. The van der Waals surface area contributed by atoms with E-state index in [9.17, 15) is 4.79 Å². The molecule has 0 aromatic carbocycles. The molecule has 0 rings (SSSR count). The van der Waals surface area contributed by atoms with E-state index in [0.717, 1.165) is 38.1 Å². The van der Waals surface area contributed by atoms with Crippen molar-refractivity contribution in [2.24, 2.45) is 5.73 Å². The third-order valence-electron chi connectivity index (χ3n) is 3.83. The Morgan fingerprint density at radius 3 is 1.95 bits per heavy atom. The van der Waals surface area contributed by atoms with Crippen molar-refractivity contribution in [3.63, 3.8) is 0 Å². The standard InChI is InChI=1S/C17H36N2OS/c1-4-6-8-10-13-19(14-11-9-7-5-2)17(20)16(18)12-15-21-3/h16H,4-15,18H2,1-3H3/t16-/m0/s1. The van der Waals surface area contributed by atoms with E-state index >= 15 is 0 Å². The number of hydrogen-bond acceptors (Lipinski definition) is 3. The highest BCUT2D eigenvalue weighted by Gasteiger charge is 2.19. The lowest BCUT2D eigenvalue weighted by Crippen LogP contribution is -2.45. The van der Waals surface area contributed by atoms with Crippen LogP contribution in [0.1, 0.15) is 71.6 Å². The molecule has 0 saturated carbocycles. The maximum Gasteiger partial charge on any atom is 0.239 e. The third kappa shape index (κ3) is 11.1. The highest BCUT2D eigenvalue weighted by Crippen LogP contribution is 2.09. The predicted octanol–water partition coefficient (Wildman–Crippen LogP) is 4.06. The van der Waals surface area contributed by atoms with Gasteiger partial charge in [0.05, 0.1) is 6.04 Å². The summed E-state index contributed by atoms with van der Waals surface area (Å²) in [5.41, 5.74) is 6.06. The van der Waals surface area contributed by atoms with Gasteiger partial charge in [-0.3, -0.25) is 4.79 Å². The van der Waals surface area contributed by atoms with Crippen LogP contribution in [0.15, 0.2) is 0 Å². The summed E-state index contributed by atoms with van der Waals surface area (Å²) in [6.07, 6.45) is 12.5. The topological polar surface area (TPSA) is 46.3 Å². The van der Waals surface area contributed by atoms with Gasteiger partial charge in [-0.2, -0.15) is 11.8 Å². The Morgan fingerprint density at radius 2 is 1.52 bits per heavy atom. The largest absolute Gasteiger partial charge is 0.341 e. The normalized spacial score (nSPS) is 12.4. The lowest BCUT2D eigenvalue weighted by atomic mass is 10.1. The molecule has 0 aromatic heterocycles. The predicted molar refractivity (Wildman–Crippen MR) is 95.8 cm³/mol. The van der Waals surface area contributed by atoms with Gasteiger partial charge in [0.1, 0.15) is 0 Å².